The van der Waals surface area contributed by atoms with Crippen LogP contribution >= 0.6 is 11.6 Å². The molecule has 3 heteroatoms. The maximum absolute atomic E-state index is 5.81. The first kappa shape index (κ1) is 8.36. The van der Waals surface area contributed by atoms with Crippen molar-refractivity contribution < 1.29 is 0 Å². The molecule has 0 saturated heterocycles. The summed E-state index contributed by atoms with van der Waals surface area (Å²) in [6.45, 7) is 2.06. The third kappa shape index (κ3) is 1.45. The fraction of sp³-hybridized carbons (Fsp3) is 0.889. The second kappa shape index (κ2) is 3.65. The number of hydrogen-bond donors (Lipinski definition) is 0. The van der Waals surface area contributed by atoms with E-state index in [0.717, 1.165) is 25.0 Å². The Kier molecular flexibility index (Phi) is 2.54. The molecule has 12 heavy (non-hydrogen) atoms. The summed E-state index contributed by atoms with van der Waals surface area (Å²) in [6.07, 6.45) is 5.46. The highest BCUT2D eigenvalue weighted by Gasteiger charge is 2.26. The average molecular weight is 187 g/mol. The van der Waals surface area contributed by atoms with Crippen molar-refractivity contribution in [2.24, 2.45) is 4.99 Å². The summed E-state index contributed by atoms with van der Waals surface area (Å²) in [5, 5.41) is 0. The predicted molar refractivity (Wildman–Crippen MR) is 52.0 cm³/mol. The van der Waals surface area contributed by atoms with Gasteiger partial charge in [0.25, 0.3) is 0 Å². The Balaban J connectivity index is 1.98. The summed E-state index contributed by atoms with van der Waals surface area (Å²) in [5.74, 6) is 1.72. The molecule has 1 saturated carbocycles. The Labute approximate surface area is 78.6 Å². The standard InChI is InChI=1S/C9H15ClN2/c10-7-9-11-5-6-12(9)8-3-1-2-4-8/h8H,1-7H2. The van der Waals surface area contributed by atoms with E-state index < -0.39 is 0 Å². The number of halogens is 1. The van der Waals surface area contributed by atoms with Crippen molar-refractivity contribution in [1.29, 1.82) is 0 Å². The molecule has 1 aliphatic carbocycles. The number of nitrogens with zero attached hydrogens (tertiary/aromatic N) is 2. The Bertz CT molecular complexity index is 185. The molecule has 68 valence electrons. The summed E-state index contributed by atoms with van der Waals surface area (Å²) in [6, 6.07) is 0.755. The molecule has 1 fully saturated rings. The van der Waals surface area contributed by atoms with Gasteiger partial charge in [0.1, 0.15) is 5.84 Å². The zero-order valence-corrected chi connectivity index (χ0v) is 8.06. The van der Waals surface area contributed by atoms with Crippen molar-refractivity contribution in [3.05, 3.63) is 0 Å². The molecule has 1 aliphatic heterocycles. The van der Waals surface area contributed by atoms with E-state index in [9.17, 15) is 0 Å². The summed E-state index contributed by atoms with van der Waals surface area (Å²) >= 11 is 5.81. The van der Waals surface area contributed by atoms with E-state index in [-0.39, 0.29) is 0 Å². The molecule has 0 amide bonds. The van der Waals surface area contributed by atoms with Gasteiger partial charge in [-0.05, 0) is 12.8 Å². The molecular weight excluding hydrogens is 172 g/mol. The molecule has 0 radical (unpaired) electrons. The number of alkyl halides is 1. The van der Waals surface area contributed by atoms with Crippen molar-refractivity contribution in [1.82, 2.24) is 4.90 Å². The summed E-state index contributed by atoms with van der Waals surface area (Å²) < 4.78 is 0. The van der Waals surface area contributed by atoms with Crippen molar-refractivity contribution in [2.45, 2.75) is 31.7 Å². The Morgan fingerprint density at radius 1 is 1.42 bits per heavy atom. The second-order valence-corrected chi connectivity index (χ2v) is 3.83. The average Bonchev–Trinajstić information content (AvgIpc) is 2.74. The van der Waals surface area contributed by atoms with Gasteiger partial charge in [-0.15, -0.1) is 11.6 Å². The normalized spacial score (nSPS) is 25.1. The summed E-state index contributed by atoms with van der Waals surface area (Å²) in [5.41, 5.74) is 0. The van der Waals surface area contributed by atoms with E-state index in [1.54, 1.807) is 0 Å². The molecule has 0 atom stereocenters. The zero-order valence-electron chi connectivity index (χ0n) is 7.30. The number of aliphatic imine (C=N–C) groups is 1. The van der Waals surface area contributed by atoms with Crippen LogP contribution in [-0.4, -0.2) is 35.7 Å². The molecule has 2 aliphatic rings. The zero-order chi connectivity index (χ0) is 8.39. The molecule has 2 nitrogen and oxygen atoms in total. The third-order valence-corrected chi connectivity index (χ3v) is 3.09. The van der Waals surface area contributed by atoms with Gasteiger partial charge in [-0.1, -0.05) is 12.8 Å². The van der Waals surface area contributed by atoms with Crippen LogP contribution in [0.4, 0.5) is 0 Å². The lowest BCUT2D eigenvalue weighted by Crippen LogP contribution is -2.37. The molecule has 0 bridgehead atoms. The van der Waals surface area contributed by atoms with Gasteiger partial charge in [-0.2, -0.15) is 0 Å². The fourth-order valence-electron chi connectivity index (χ4n) is 2.23. The van der Waals surface area contributed by atoms with Gasteiger partial charge in [0.2, 0.25) is 0 Å². The maximum atomic E-state index is 5.81. The Morgan fingerprint density at radius 3 is 2.83 bits per heavy atom. The van der Waals surface area contributed by atoms with Crippen LogP contribution in [0.5, 0.6) is 0 Å². The molecule has 0 aromatic heterocycles. The third-order valence-electron chi connectivity index (χ3n) is 2.85. The Morgan fingerprint density at radius 2 is 2.17 bits per heavy atom. The summed E-state index contributed by atoms with van der Waals surface area (Å²) in [7, 11) is 0. The predicted octanol–water partition coefficient (Wildman–Crippen LogP) is 1.88. The van der Waals surface area contributed by atoms with Crippen LogP contribution in [0.1, 0.15) is 25.7 Å². The van der Waals surface area contributed by atoms with Crippen LogP contribution in [0.2, 0.25) is 0 Å². The largest absolute Gasteiger partial charge is 0.355 e. The van der Waals surface area contributed by atoms with Gasteiger partial charge in [-0.3, -0.25) is 4.99 Å². The monoisotopic (exact) mass is 186 g/mol. The molecule has 2 rings (SSSR count). The van der Waals surface area contributed by atoms with Gasteiger partial charge < -0.3 is 4.90 Å². The van der Waals surface area contributed by atoms with Gasteiger partial charge in [0.05, 0.1) is 12.4 Å². The van der Waals surface area contributed by atoms with Crippen LogP contribution in [0.25, 0.3) is 0 Å². The van der Waals surface area contributed by atoms with Crippen LogP contribution in [0, 0.1) is 0 Å². The fourth-order valence-corrected chi connectivity index (χ4v) is 2.47. The van der Waals surface area contributed by atoms with Crippen molar-refractivity contribution in [2.75, 3.05) is 19.0 Å². The molecule has 0 spiro atoms. The number of amidine groups is 1. The van der Waals surface area contributed by atoms with Gasteiger partial charge >= 0.3 is 0 Å². The molecule has 0 unspecified atom stereocenters. The van der Waals surface area contributed by atoms with Gasteiger partial charge in [0.15, 0.2) is 0 Å². The quantitative estimate of drug-likeness (QED) is 0.602. The minimum atomic E-state index is 0.594. The molecule has 0 aromatic rings. The highest BCUT2D eigenvalue weighted by Crippen LogP contribution is 2.25. The first-order chi connectivity index (χ1) is 5.92. The van der Waals surface area contributed by atoms with E-state index in [1.165, 1.54) is 25.7 Å². The molecular formula is C9H15ClN2. The molecule has 0 aromatic carbocycles. The molecule has 0 N–H and O–H groups in total. The Hall–Kier alpha value is -0.240. The van der Waals surface area contributed by atoms with Crippen LogP contribution in [0.3, 0.4) is 0 Å². The van der Waals surface area contributed by atoms with E-state index in [1.807, 2.05) is 0 Å². The highest BCUT2D eigenvalue weighted by molar-refractivity contribution is 6.28. The lowest BCUT2D eigenvalue weighted by molar-refractivity contribution is 0.339. The van der Waals surface area contributed by atoms with Gasteiger partial charge in [-0.25, -0.2) is 0 Å². The smallest absolute Gasteiger partial charge is 0.114 e. The van der Waals surface area contributed by atoms with E-state index >= 15 is 0 Å². The van der Waals surface area contributed by atoms with E-state index in [2.05, 4.69) is 9.89 Å². The van der Waals surface area contributed by atoms with Crippen LogP contribution in [0.15, 0.2) is 4.99 Å². The lowest BCUT2D eigenvalue weighted by atomic mass is 10.2. The highest BCUT2D eigenvalue weighted by atomic mass is 35.5. The number of rotatable bonds is 2. The van der Waals surface area contributed by atoms with Crippen molar-refractivity contribution >= 4 is 17.4 Å². The minimum Gasteiger partial charge on any atom is -0.355 e. The maximum Gasteiger partial charge on any atom is 0.114 e. The van der Waals surface area contributed by atoms with E-state index in [0.29, 0.717) is 5.88 Å². The van der Waals surface area contributed by atoms with E-state index in [4.69, 9.17) is 11.6 Å². The van der Waals surface area contributed by atoms with Gasteiger partial charge in [0, 0.05) is 12.6 Å². The van der Waals surface area contributed by atoms with Crippen LogP contribution < -0.4 is 0 Å². The number of hydrogen-bond acceptors (Lipinski definition) is 2. The van der Waals surface area contributed by atoms with Crippen molar-refractivity contribution in [3.8, 4) is 0 Å². The first-order valence-corrected chi connectivity index (χ1v) is 5.31. The minimum absolute atomic E-state index is 0.594. The second-order valence-electron chi connectivity index (χ2n) is 3.56. The van der Waals surface area contributed by atoms with Crippen molar-refractivity contribution in [3.63, 3.8) is 0 Å². The SMILES string of the molecule is ClCC1=NCCN1C1CCCC1. The summed E-state index contributed by atoms with van der Waals surface area (Å²) in [4.78, 5) is 6.81. The topological polar surface area (TPSA) is 15.6 Å². The molecule has 1 heterocycles. The van der Waals surface area contributed by atoms with Crippen LogP contribution in [-0.2, 0) is 0 Å². The first-order valence-electron chi connectivity index (χ1n) is 4.78. The lowest BCUT2D eigenvalue weighted by Gasteiger charge is -2.26.